The standard InChI is InChI=1S/C39H31ClFN3O5S/c1-2-49-39(48)27-19-21-28(22-20-27)42-38(47)35(25-11-5-3-6-12-25)50-30-16-9-15-29(23-30)43-37(46)34(24-31-32(40)17-10-18-33(31)41)44-36(45)26-13-7-4-8-14-26/h3-24,35H,2H2,1H3,(H,42,47)(H,43,46)(H,44,45)/b34-24+. The lowest BCUT2D eigenvalue weighted by Gasteiger charge is -2.18. The van der Waals surface area contributed by atoms with Crippen molar-refractivity contribution in [2.45, 2.75) is 17.1 Å². The molecule has 0 aromatic heterocycles. The van der Waals surface area contributed by atoms with Crippen LogP contribution in [0.5, 0.6) is 0 Å². The van der Waals surface area contributed by atoms with E-state index in [1.807, 2.05) is 30.3 Å². The summed E-state index contributed by atoms with van der Waals surface area (Å²) >= 11 is 7.50. The van der Waals surface area contributed by atoms with E-state index in [4.69, 9.17) is 16.3 Å². The largest absolute Gasteiger partial charge is 0.462 e. The van der Waals surface area contributed by atoms with Crippen LogP contribution in [-0.4, -0.2) is 30.3 Å². The van der Waals surface area contributed by atoms with Crippen molar-refractivity contribution >= 4 is 64.5 Å². The Morgan fingerprint density at radius 2 is 1.46 bits per heavy atom. The number of benzene rings is 5. The molecule has 0 saturated heterocycles. The summed E-state index contributed by atoms with van der Waals surface area (Å²) in [5, 5.41) is 7.62. The molecular formula is C39H31ClFN3O5S. The molecule has 1 unspecified atom stereocenters. The minimum absolute atomic E-state index is 0.0582. The van der Waals surface area contributed by atoms with Gasteiger partial charge in [-0.15, -0.1) is 11.8 Å². The Balaban J connectivity index is 1.37. The molecule has 8 nitrogen and oxygen atoms in total. The summed E-state index contributed by atoms with van der Waals surface area (Å²) in [7, 11) is 0. The van der Waals surface area contributed by atoms with E-state index < -0.39 is 28.9 Å². The van der Waals surface area contributed by atoms with Crippen LogP contribution in [0.3, 0.4) is 0 Å². The van der Waals surface area contributed by atoms with Gasteiger partial charge in [0, 0.05) is 27.4 Å². The molecule has 3 amide bonds. The lowest BCUT2D eigenvalue weighted by molar-refractivity contribution is -0.116. The Hall–Kier alpha value is -5.71. The number of anilines is 2. The van der Waals surface area contributed by atoms with Gasteiger partial charge in [-0.05, 0) is 85.3 Å². The minimum atomic E-state index is -0.723. The van der Waals surface area contributed by atoms with Crippen molar-refractivity contribution in [3.8, 4) is 0 Å². The third kappa shape index (κ3) is 9.46. The van der Waals surface area contributed by atoms with E-state index in [9.17, 15) is 23.6 Å². The zero-order valence-corrected chi connectivity index (χ0v) is 28.3. The Morgan fingerprint density at radius 1 is 0.780 bits per heavy atom. The molecule has 0 fully saturated rings. The molecule has 0 heterocycles. The fraction of sp³-hybridized carbons (Fsp3) is 0.0769. The fourth-order valence-electron chi connectivity index (χ4n) is 4.73. The SMILES string of the molecule is CCOC(=O)c1ccc(NC(=O)C(Sc2cccc(NC(=O)/C(=C\c3c(F)cccc3Cl)NC(=O)c3ccccc3)c2)c2ccccc2)cc1. The van der Waals surface area contributed by atoms with Crippen molar-refractivity contribution in [1.82, 2.24) is 5.32 Å². The van der Waals surface area contributed by atoms with Crippen LogP contribution in [0.1, 0.15) is 44.0 Å². The van der Waals surface area contributed by atoms with Crippen molar-refractivity contribution in [3.63, 3.8) is 0 Å². The van der Waals surface area contributed by atoms with E-state index in [1.165, 1.54) is 36.0 Å². The van der Waals surface area contributed by atoms with Crippen molar-refractivity contribution in [2.24, 2.45) is 0 Å². The van der Waals surface area contributed by atoms with Crippen LogP contribution in [0, 0.1) is 5.82 Å². The van der Waals surface area contributed by atoms with Gasteiger partial charge in [-0.3, -0.25) is 14.4 Å². The average molecular weight is 708 g/mol. The van der Waals surface area contributed by atoms with Crippen LogP contribution < -0.4 is 16.0 Å². The Morgan fingerprint density at radius 3 is 2.14 bits per heavy atom. The second kappa shape index (κ2) is 17.1. The predicted molar refractivity (Wildman–Crippen MR) is 194 cm³/mol. The van der Waals surface area contributed by atoms with Gasteiger partial charge in [0.25, 0.3) is 11.8 Å². The van der Waals surface area contributed by atoms with Crippen LogP contribution in [-0.2, 0) is 14.3 Å². The van der Waals surface area contributed by atoms with Crippen molar-refractivity contribution in [2.75, 3.05) is 17.2 Å². The lowest BCUT2D eigenvalue weighted by Crippen LogP contribution is -2.30. The molecular weight excluding hydrogens is 677 g/mol. The maximum absolute atomic E-state index is 14.7. The van der Waals surface area contributed by atoms with Gasteiger partial charge in [-0.2, -0.15) is 0 Å². The van der Waals surface area contributed by atoms with E-state index in [0.29, 0.717) is 27.4 Å². The molecule has 11 heteroatoms. The number of esters is 1. The van der Waals surface area contributed by atoms with E-state index in [1.54, 1.807) is 85.8 Å². The monoisotopic (exact) mass is 707 g/mol. The highest BCUT2D eigenvalue weighted by atomic mass is 35.5. The molecule has 5 rings (SSSR count). The van der Waals surface area contributed by atoms with Crippen LogP contribution >= 0.6 is 23.4 Å². The highest BCUT2D eigenvalue weighted by Crippen LogP contribution is 2.37. The molecule has 0 spiro atoms. The zero-order valence-electron chi connectivity index (χ0n) is 26.7. The Bertz CT molecular complexity index is 2010. The predicted octanol–water partition coefficient (Wildman–Crippen LogP) is 8.54. The van der Waals surface area contributed by atoms with Crippen molar-refractivity contribution in [1.29, 1.82) is 0 Å². The van der Waals surface area contributed by atoms with Crippen LogP contribution in [0.25, 0.3) is 6.08 Å². The zero-order chi connectivity index (χ0) is 35.5. The smallest absolute Gasteiger partial charge is 0.338 e. The minimum Gasteiger partial charge on any atom is -0.462 e. The molecule has 0 aliphatic rings. The number of ether oxygens (including phenoxy) is 1. The van der Waals surface area contributed by atoms with Gasteiger partial charge in [-0.1, -0.05) is 72.3 Å². The summed E-state index contributed by atoms with van der Waals surface area (Å²) in [6, 6.07) is 34.8. The Labute approximate surface area is 297 Å². The molecule has 5 aromatic rings. The molecule has 252 valence electrons. The molecule has 0 aliphatic heterocycles. The summed E-state index contributed by atoms with van der Waals surface area (Å²) in [6.45, 7) is 1.98. The molecule has 0 saturated carbocycles. The van der Waals surface area contributed by atoms with Crippen LogP contribution in [0.2, 0.25) is 5.02 Å². The first kappa shape index (κ1) is 35.6. The number of nitrogens with one attached hydrogen (secondary N) is 3. The number of carbonyl (C=O) groups is 4. The quantitative estimate of drug-likeness (QED) is 0.0681. The summed E-state index contributed by atoms with van der Waals surface area (Å²) in [5.41, 5.74) is 1.96. The van der Waals surface area contributed by atoms with Gasteiger partial charge < -0.3 is 20.7 Å². The van der Waals surface area contributed by atoms with Crippen LogP contribution in [0.4, 0.5) is 15.8 Å². The number of amides is 3. The van der Waals surface area contributed by atoms with Gasteiger partial charge in [0.1, 0.15) is 16.8 Å². The first-order valence-electron chi connectivity index (χ1n) is 15.4. The highest BCUT2D eigenvalue weighted by molar-refractivity contribution is 8.00. The first-order chi connectivity index (χ1) is 24.2. The maximum atomic E-state index is 14.7. The normalized spacial score (nSPS) is 11.6. The first-order valence-corrected chi connectivity index (χ1v) is 16.7. The molecule has 3 N–H and O–H groups in total. The molecule has 0 radical (unpaired) electrons. The van der Waals surface area contributed by atoms with Crippen molar-refractivity contribution < 1.29 is 28.3 Å². The molecule has 50 heavy (non-hydrogen) atoms. The molecule has 1 atom stereocenters. The third-order valence-corrected chi connectivity index (χ3v) is 8.74. The van der Waals surface area contributed by atoms with E-state index >= 15 is 0 Å². The number of hydrogen-bond acceptors (Lipinski definition) is 6. The van der Waals surface area contributed by atoms with Gasteiger partial charge in [0.2, 0.25) is 5.91 Å². The van der Waals surface area contributed by atoms with E-state index in [2.05, 4.69) is 16.0 Å². The lowest BCUT2D eigenvalue weighted by atomic mass is 10.1. The number of rotatable bonds is 12. The number of carbonyl (C=O) groups excluding carboxylic acids is 4. The van der Waals surface area contributed by atoms with E-state index in [0.717, 1.165) is 5.56 Å². The Kier molecular flexibility index (Phi) is 12.2. The summed E-state index contributed by atoms with van der Waals surface area (Å²) in [5.74, 6) is -2.73. The van der Waals surface area contributed by atoms with Gasteiger partial charge in [-0.25, -0.2) is 9.18 Å². The second-order valence-electron chi connectivity index (χ2n) is 10.7. The molecule has 0 aliphatic carbocycles. The average Bonchev–Trinajstić information content (AvgIpc) is 3.13. The van der Waals surface area contributed by atoms with Gasteiger partial charge >= 0.3 is 5.97 Å². The number of hydrogen-bond donors (Lipinski definition) is 3. The third-order valence-electron chi connectivity index (χ3n) is 7.17. The van der Waals surface area contributed by atoms with Crippen molar-refractivity contribution in [3.05, 3.63) is 166 Å². The number of halogens is 2. The number of thioether (sulfide) groups is 1. The topological polar surface area (TPSA) is 114 Å². The second-order valence-corrected chi connectivity index (χ2v) is 12.3. The molecule has 0 bridgehead atoms. The summed E-state index contributed by atoms with van der Waals surface area (Å²) < 4.78 is 19.8. The summed E-state index contributed by atoms with van der Waals surface area (Å²) in [6.07, 6.45) is 1.18. The van der Waals surface area contributed by atoms with Gasteiger partial charge in [0.05, 0.1) is 17.2 Å². The fourth-order valence-corrected chi connectivity index (χ4v) is 6.03. The maximum Gasteiger partial charge on any atom is 0.338 e. The van der Waals surface area contributed by atoms with Gasteiger partial charge in [0.15, 0.2) is 0 Å². The summed E-state index contributed by atoms with van der Waals surface area (Å²) in [4.78, 5) is 53.0. The molecule has 5 aromatic carbocycles. The van der Waals surface area contributed by atoms with E-state index in [-0.39, 0.29) is 28.8 Å². The highest BCUT2D eigenvalue weighted by Gasteiger charge is 2.23. The van der Waals surface area contributed by atoms with Crippen LogP contribution in [0.15, 0.2) is 138 Å².